The van der Waals surface area contributed by atoms with Crippen LogP contribution in [0.25, 0.3) is 58.1 Å². The molecule has 2 heterocycles. The molecule has 0 aliphatic heterocycles. The van der Waals surface area contributed by atoms with Gasteiger partial charge in [0.25, 0.3) is 0 Å². The second-order valence-corrected chi connectivity index (χ2v) is 15.5. The molecule has 2 aliphatic rings. The van der Waals surface area contributed by atoms with Gasteiger partial charge in [-0.3, -0.25) is 0 Å². The van der Waals surface area contributed by atoms with Crippen molar-refractivity contribution in [2.45, 2.75) is 32.1 Å². The Labute approximate surface area is 301 Å². The number of fused-ring (bicyclic) bond motifs is 9. The van der Waals surface area contributed by atoms with Crippen molar-refractivity contribution in [1.82, 2.24) is 0 Å². The number of thiophene rings is 1. The molecule has 2 aromatic heterocycles. The van der Waals surface area contributed by atoms with Crippen LogP contribution in [0, 0.1) is 5.92 Å². The molecule has 51 heavy (non-hydrogen) atoms. The molecular weight excluding hydrogens is 639 g/mol. The van der Waals surface area contributed by atoms with Crippen molar-refractivity contribution >= 4 is 80.8 Å². The molecule has 3 heteroatoms. The zero-order valence-corrected chi connectivity index (χ0v) is 29.6. The summed E-state index contributed by atoms with van der Waals surface area (Å²) in [5.41, 5.74) is 7.15. The minimum atomic E-state index is -0.187. The summed E-state index contributed by atoms with van der Waals surface area (Å²) in [4.78, 5) is 2.45. The summed E-state index contributed by atoms with van der Waals surface area (Å²) >= 11 is 1.87. The summed E-state index contributed by atoms with van der Waals surface area (Å²) in [6.07, 6.45) is 19.7. The highest BCUT2D eigenvalue weighted by atomic mass is 32.1. The van der Waals surface area contributed by atoms with E-state index in [1.165, 1.54) is 74.9 Å². The fraction of sp³-hybridized carbons (Fsp3) is 0.125. The fourth-order valence-electron chi connectivity index (χ4n) is 8.49. The molecule has 6 aromatic carbocycles. The summed E-state index contributed by atoms with van der Waals surface area (Å²) in [7, 11) is 0. The Bertz CT molecular complexity index is 2770. The Balaban J connectivity index is 1.13. The number of benzene rings is 6. The molecule has 0 amide bonds. The molecule has 2 atom stereocenters. The lowest BCUT2D eigenvalue weighted by Crippen LogP contribution is -2.25. The molecule has 8 aromatic rings. The molecule has 0 radical (unpaired) electrons. The molecule has 2 unspecified atom stereocenters. The van der Waals surface area contributed by atoms with Gasteiger partial charge in [0.2, 0.25) is 0 Å². The van der Waals surface area contributed by atoms with Gasteiger partial charge in [-0.25, -0.2) is 0 Å². The van der Waals surface area contributed by atoms with Crippen LogP contribution in [0.15, 0.2) is 168 Å². The second-order valence-electron chi connectivity index (χ2n) is 14.4. The predicted octanol–water partition coefficient (Wildman–Crippen LogP) is 14.0. The summed E-state index contributed by atoms with van der Waals surface area (Å²) in [5, 5.41) is 10.3. The summed E-state index contributed by atoms with van der Waals surface area (Å²) in [6, 6.07) is 40.4. The molecule has 0 spiro atoms. The molecule has 0 bridgehead atoms. The fourth-order valence-corrected chi connectivity index (χ4v) is 9.63. The van der Waals surface area contributed by atoms with Crippen molar-refractivity contribution in [1.29, 1.82) is 0 Å². The molecule has 10 rings (SSSR count). The maximum absolute atomic E-state index is 5.92. The van der Waals surface area contributed by atoms with Gasteiger partial charge in [-0.2, -0.15) is 0 Å². The van der Waals surface area contributed by atoms with Crippen molar-refractivity contribution in [2.24, 2.45) is 5.92 Å². The quantitative estimate of drug-likeness (QED) is 0.169. The van der Waals surface area contributed by atoms with E-state index in [0.29, 0.717) is 5.92 Å². The van der Waals surface area contributed by atoms with Gasteiger partial charge >= 0.3 is 0 Å². The minimum Gasteiger partial charge on any atom is -0.472 e. The third-order valence-corrected chi connectivity index (χ3v) is 12.4. The topological polar surface area (TPSA) is 16.4 Å². The van der Waals surface area contributed by atoms with Crippen LogP contribution < -0.4 is 4.90 Å². The molecule has 246 valence electrons. The number of hydrogen-bond donors (Lipinski definition) is 0. The highest BCUT2D eigenvalue weighted by molar-refractivity contribution is 7.25. The van der Waals surface area contributed by atoms with E-state index in [2.05, 4.69) is 164 Å². The minimum absolute atomic E-state index is 0.187. The Morgan fingerprint density at radius 2 is 1.31 bits per heavy atom. The van der Waals surface area contributed by atoms with Gasteiger partial charge in [0, 0.05) is 53.8 Å². The number of nitrogens with zero attached hydrogens (tertiary/aromatic N) is 1. The van der Waals surface area contributed by atoms with Crippen LogP contribution in [0.5, 0.6) is 0 Å². The summed E-state index contributed by atoms with van der Waals surface area (Å²) in [6.45, 7) is 4.65. The van der Waals surface area contributed by atoms with Crippen LogP contribution in [-0.4, -0.2) is 0 Å². The van der Waals surface area contributed by atoms with E-state index in [4.69, 9.17) is 4.42 Å². The van der Waals surface area contributed by atoms with Crippen LogP contribution in [0.1, 0.15) is 37.8 Å². The largest absolute Gasteiger partial charge is 0.472 e. The first-order valence-corrected chi connectivity index (χ1v) is 18.8. The van der Waals surface area contributed by atoms with Crippen molar-refractivity contribution in [3.8, 4) is 0 Å². The highest BCUT2D eigenvalue weighted by Gasteiger charge is 2.32. The van der Waals surface area contributed by atoms with Gasteiger partial charge in [-0.1, -0.05) is 123 Å². The van der Waals surface area contributed by atoms with E-state index in [1.807, 2.05) is 23.9 Å². The number of anilines is 2. The van der Waals surface area contributed by atoms with Gasteiger partial charge < -0.3 is 9.32 Å². The average molecular weight is 676 g/mol. The number of furan rings is 1. The van der Waals surface area contributed by atoms with Crippen molar-refractivity contribution < 1.29 is 4.42 Å². The van der Waals surface area contributed by atoms with Gasteiger partial charge in [0.1, 0.15) is 0 Å². The Morgan fingerprint density at radius 3 is 2.02 bits per heavy atom. The first kappa shape index (κ1) is 30.2. The van der Waals surface area contributed by atoms with Gasteiger partial charge in [-0.05, 0) is 93.1 Å². The highest BCUT2D eigenvalue weighted by Crippen LogP contribution is 2.45. The van der Waals surface area contributed by atoms with Crippen LogP contribution >= 0.6 is 11.3 Å². The third-order valence-electron chi connectivity index (χ3n) is 11.2. The molecular formula is C48H37NOS. The molecule has 0 saturated carbocycles. The third kappa shape index (κ3) is 4.83. The molecule has 0 N–H and O–H groups in total. The van der Waals surface area contributed by atoms with Crippen molar-refractivity contribution in [2.75, 3.05) is 4.90 Å². The Hall–Kier alpha value is -5.64. The Kier molecular flexibility index (Phi) is 6.94. The van der Waals surface area contributed by atoms with Crippen molar-refractivity contribution in [3.63, 3.8) is 0 Å². The number of allylic oxidation sites excluding steroid dienone is 7. The van der Waals surface area contributed by atoms with E-state index in [1.54, 1.807) is 0 Å². The van der Waals surface area contributed by atoms with Crippen LogP contribution in [0.2, 0.25) is 0 Å². The van der Waals surface area contributed by atoms with E-state index in [0.717, 1.165) is 24.2 Å². The normalized spacial score (nSPS) is 19.0. The van der Waals surface area contributed by atoms with Gasteiger partial charge in [0.15, 0.2) is 0 Å². The Morgan fingerprint density at radius 1 is 0.686 bits per heavy atom. The lowest BCUT2D eigenvalue weighted by molar-refractivity contribution is 0.540. The van der Waals surface area contributed by atoms with E-state index in [9.17, 15) is 0 Å². The predicted molar refractivity (Wildman–Crippen MR) is 219 cm³/mol. The maximum Gasteiger partial charge on any atom is 0.0981 e. The van der Waals surface area contributed by atoms with E-state index < -0.39 is 0 Å². The lowest BCUT2D eigenvalue weighted by atomic mass is 9.74. The van der Waals surface area contributed by atoms with Crippen LogP contribution in [0.4, 0.5) is 11.4 Å². The smallest absolute Gasteiger partial charge is 0.0981 e. The number of hydrogen-bond acceptors (Lipinski definition) is 3. The summed E-state index contributed by atoms with van der Waals surface area (Å²) in [5.74, 6) is 0.467. The average Bonchev–Trinajstić information content (AvgIpc) is 3.82. The zero-order chi connectivity index (χ0) is 34.1. The molecule has 0 saturated heterocycles. The van der Waals surface area contributed by atoms with Crippen LogP contribution in [-0.2, 0) is 5.41 Å². The maximum atomic E-state index is 5.92. The molecule has 2 aliphatic carbocycles. The van der Waals surface area contributed by atoms with Crippen LogP contribution in [0.3, 0.4) is 0 Å². The monoisotopic (exact) mass is 675 g/mol. The lowest BCUT2D eigenvalue weighted by Gasteiger charge is -2.34. The molecule has 2 nitrogen and oxygen atoms in total. The first-order valence-electron chi connectivity index (χ1n) is 17.9. The van der Waals surface area contributed by atoms with Gasteiger partial charge in [-0.15, -0.1) is 11.3 Å². The van der Waals surface area contributed by atoms with Crippen molar-refractivity contribution in [3.05, 3.63) is 175 Å². The first-order chi connectivity index (χ1) is 25.1. The van der Waals surface area contributed by atoms with E-state index >= 15 is 0 Å². The number of rotatable bonds is 5. The molecule has 0 fully saturated rings. The zero-order valence-electron chi connectivity index (χ0n) is 28.8. The summed E-state index contributed by atoms with van der Waals surface area (Å²) < 4.78 is 8.54. The van der Waals surface area contributed by atoms with Gasteiger partial charge in [0.05, 0.1) is 12.5 Å². The standard InChI is InChI=1S/C48H37NOS/c1-31-11-3-4-12-35(31)44-29-50-30-45(44)48(2)25-23-32(24-26-48)49(34-20-22-42-41-17-9-10-18-46(41)51-47(42)28-34)33-19-21-40-38-15-6-5-13-36(38)37-14-7-8-16-39(37)43(40)27-33/h3-10,12-25,27-31H,11,26H2,1-2H3. The SMILES string of the molecule is CC1CC=CC=C1c1cocc1C1(C)C=CC(N(c2ccc3c(c2)sc2ccccc23)c2ccc3c4ccccc4c4ccccc4c3c2)=CC1. The van der Waals surface area contributed by atoms with E-state index in [-0.39, 0.29) is 5.41 Å². The second kappa shape index (κ2) is 11.7.